The van der Waals surface area contributed by atoms with E-state index in [2.05, 4.69) is 0 Å². The van der Waals surface area contributed by atoms with E-state index in [1.807, 2.05) is 0 Å². The number of hydrogen-bond acceptors (Lipinski definition) is 4. The Balaban J connectivity index is -0.0000000800. The summed E-state index contributed by atoms with van der Waals surface area (Å²) in [6.45, 7) is 0. The molecule has 37 valence electrons. The van der Waals surface area contributed by atoms with Crippen molar-refractivity contribution < 1.29 is 58.7 Å². The first-order valence-electron chi connectivity index (χ1n) is 0.730. The van der Waals surface area contributed by atoms with Gasteiger partial charge in [0.1, 0.15) is 0 Å². The van der Waals surface area contributed by atoms with Gasteiger partial charge in [0.05, 0.1) is 0 Å². The van der Waals surface area contributed by atoms with Gasteiger partial charge in [-0.2, -0.15) is 7.82 Å². The second kappa shape index (κ2) is 5.51. The van der Waals surface area contributed by atoms with Crippen LogP contribution in [0.1, 0.15) is 0 Å². The molecule has 0 bridgehead atoms. The molecule has 7 heteroatoms. The molecule has 4 nitrogen and oxygen atoms in total. The van der Waals surface area contributed by atoms with Gasteiger partial charge < -0.3 is 19.2 Å². The van der Waals surface area contributed by atoms with E-state index in [-0.39, 0.29) is 39.4 Å². The van der Waals surface area contributed by atoms with Crippen LogP contribution in [0.2, 0.25) is 0 Å². The first-order chi connectivity index (χ1) is 2.00. The van der Waals surface area contributed by atoms with Gasteiger partial charge in [-0.05, 0) is 0 Å². The van der Waals surface area contributed by atoms with Crippen LogP contribution in [0.15, 0.2) is 0 Å². The van der Waals surface area contributed by atoms with Gasteiger partial charge in [-0.25, -0.2) is 0 Å². The van der Waals surface area contributed by atoms with E-state index in [0.29, 0.717) is 0 Å². The van der Waals surface area contributed by atoms with Crippen LogP contribution in [-0.4, -0.2) is 0 Å². The first kappa shape index (κ1) is 15.8. The summed E-state index contributed by atoms with van der Waals surface area (Å²) in [5.74, 6) is 0. The zero-order valence-corrected chi connectivity index (χ0v) is 7.18. The molecule has 7 heavy (non-hydrogen) atoms. The van der Waals surface area contributed by atoms with Crippen molar-refractivity contribution in [3.63, 3.8) is 0 Å². The van der Waals surface area contributed by atoms with Crippen molar-refractivity contribution in [2.24, 2.45) is 0 Å². The summed E-state index contributed by atoms with van der Waals surface area (Å²) in [6, 6.07) is 0. The second-order valence-corrected chi connectivity index (χ2v) is 1.34. The van der Waals surface area contributed by atoms with Gasteiger partial charge >= 0.3 is 39.4 Å². The Hall–Kier alpha value is 1.37. The number of rotatable bonds is 0. The predicted molar refractivity (Wildman–Crippen MR) is 7.61 cm³/mol. The summed E-state index contributed by atoms with van der Waals surface area (Å²) in [5.41, 5.74) is 0. The summed E-state index contributed by atoms with van der Waals surface area (Å²) >= 11 is 0. The Kier molecular flexibility index (Phi) is 12.4. The van der Waals surface area contributed by atoms with E-state index in [1.165, 1.54) is 0 Å². The predicted octanol–water partition coefficient (Wildman–Crippen LogP) is -2.83. The van der Waals surface area contributed by atoms with Gasteiger partial charge in [-0.1, -0.05) is 0 Å². The van der Waals surface area contributed by atoms with E-state index in [9.17, 15) is 0 Å². The molecule has 0 N–H and O–H groups in total. The Morgan fingerprint density at radius 1 is 1.14 bits per heavy atom. The number of hydrogen-bond donors (Lipinski definition) is 0. The Morgan fingerprint density at radius 3 is 1.14 bits per heavy atom. The van der Waals surface area contributed by atoms with E-state index in [4.69, 9.17) is 19.2 Å². The van der Waals surface area contributed by atoms with E-state index in [0.717, 1.165) is 0 Å². The molecule has 0 aromatic rings. The third kappa shape index (κ3) is 113. The SMILES string of the molecule is O=P([O-])([O-])[O-].[Mn+2].[Nb+5]. The van der Waals surface area contributed by atoms with Gasteiger partial charge in [0.25, 0.3) is 0 Å². The zero-order chi connectivity index (χ0) is 4.50. The normalized spacial score (nSPS) is 8.43. The fourth-order valence-corrected chi connectivity index (χ4v) is 0. The quantitative estimate of drug-likeness (QED) is 0.339. The zero-order valence-electron chi connectivity index (χ0n) is 2.91. The van der Waals surface area contributed by atoms with Gasteiger partial charge in [-0.3, -0.25) is 0 Å². The Labute approximate surface area is 66.5 Å². The fourth-order valence-electron chi connectivity index (χ4n) is 0. The van der Waals surface area contributed by atoms with Crippen LogP contribution in [0, 0.1) is 0 Å². The van der Waals surface area contributed by atoms with Crippen LogP contribution < -0.4 is 14.7 Å². The summed E-state index contributed by atoms with van der Waals surface area (Å²) in [5, 5.41) is 0. The monoisotopic (exact) mass is 243 g/mol. The standard InChI is InChI=1S/Mn.Nb.H3O4P/c;;1-5(2,3)4/h;;(H3,1,2,3,4)/q+2;+5;/p-3. The minimum absolute atomic E-state index is 0. The largest absolute Gasteiger partial charge is 5.00 e. The van der Waals surface area contributed by atoms with Crippen molar-refractivity contribution in [1.82, 2.24) is 0 Å². The van der Waals surface area contributed by atoms with E-state index in [1.54, 1.807) is 0 Å². The average Bonchev–Trinajstić information content (AvgIpc) is 0.722. The van der Waals surface area contributed by atoms with Crippen LogP contribution in [0.25, 0.3) is 0 Å². The molecule has 0 aliphatic carbocycles. The van der Waals surface area contributed by atoms with Crippen molar-refractivity contribution in [3.8, 4) is 0 Å². The summed E-state index contributed by atoms with van der Waals surface area (Å²) < 4.78 is 8.55. The van der Waals surface area contributed by atoms with Gasteiger partial charge in [0.2, 0.25) is 0 Å². The molecule has 0 saturated carbocycles. The smallest absolute Gasteiger partial charge is 0.822 e. The van der Waals surface area contributed by atoms with Gasteiger partial charge in [0, 0.05) is 0 Å². The van der Waals surface area contributed by atoms with Crippen LogP contribution in [0.3, 0.4) is 0 Å². The summed E-state index contributed by atoms with van der Waals surface area (Å²) in [6.07, 6.45) is 0. The van der Waals surface area contributed by atoms with Crippen LogP contribution >= 0.6 is 7.82 Å². The van der Waals surface area contributed by atoms with Crippen molar-refractivity contribution in [3.05, 3.63) is 0 Å². The Morgan fingerprint density at radius 2 is 1.14 bits per heavy atom. The minimum atomic E-state index is -5.39. The van der Waals surface area contributed by atoms with Crippen molar-refractivity contribution in [1.29, 1.82) is 0 Å². The van der Waals surface area contributed by atoms with Gasteiger partial charge in [0.15, 0.2) is 0 Å². The maximum absolute atomic E-state index is 8.55. The average molecular weight is 243 g/mol. The van der Waals surface area contributed by atoms with E-state index >= 15 is 0 Å². The van der Waals surface area contributed by atoms with Crippen molar-refractivity contribution >= 4 is 7.82 Å². The second-order valence-electron chi connectivity index (χ2n) is 0.447. The molecule has 1 radical (unpaired) electrons. The molecule has 0 aliphatic heterocycles. The maximum atomic E-state index is 8.55. The van der Waals surface area contributed by atoms with Crippen molar-refractivity contribution in [2.45, 2.75) is 0 Å². The molecule has 0 heterocycles. The molecule has 0 aromatic heterocycles. The molecular formula is MnNbO4P+4. The molecule has 0 unspecified atom stereocenters. The van der Waals surface area contributed by atoms with Crippen LogP contribution in [-0.2, 0) is 44.0 Å². The van der Waals surface area contributed by atoms with Crippen LogP contribution in [0.4, 0.5) is 0 Å². The van der Waals surface area contributed by atoms with E-state index < -0.39 is 7.82 Å². The molecule has 0 saturated heterocycles. The van der Waals surface area contributed by atoms with Crippen molar-refractivity contribution in [2.75, 3.05) is 0 Å². The molecule has 0 aliphatic rings. The first-order valence-corrected chi connectivity index (χ1v) is 2.19. The minimum Gasteiger partial charge on any atom is -0.822 e. The third-order valence-corrected chi connectivity index (χ3v) is 0. The number of phosphoric acid groups is 1. The molecule has 0 rings (SSSR count). The maximum Gasteiger partial charge on any atom is 5.00 e. The summed E-state index contributed by atoms with van der Waals surface area (Å²) in [7, 11) is -5.39. The fraction of sp³-hybridized carbons (Fsp3) is 0. The van der Waals surface area contributed by atoms with Gasteiger partial charge in [-0.15, -0.1) is 0 Å². The third-order valence-electron chi connectivity index (χ3n) is 0. The Bertz CT molecular complexity index is 57.8. The molecule has 0 atom stereocenters. The molecular weight excluding hydrogens is 243 g/mol. The van der Waals surface area contributed by atoms with Crippen LogP contribution in [0.5, 0.6) is 0 Å². The summed E-state index contributed by atoms with van der Waals surface area (Å²) in [4.78, 5) is 25.6. The molecule has 0 fully saturated rings. The topological polar surface area (TPSA) is 86.2 Å². The molecule has 0 amide bonds. The molecule has 0 spiro atoms. The molecule has 0 aromatic carbocycles.